The van der Waals surface area contributed by atoms with E-state index in [1.165, 1.54) is 0 Å². The second-order valence-corrected chi connectivity index (χ2v) is 7.85. The molecule has 2 aromatic carbocycles. The van der Waals surface area contributed by atoms with Crippen LogP contribution in [0.5, 0.6) is 0 Å². The van der Waals surface area contributed by atoms with Crippen molar-refractivity contribution in [2.24, 2.45) is 0 Å². The number of nitrogens with zero attached hydrogens (tertiary/aromatic N) is 3. The summed E-state index contributed by atoms with van der Waals surface area (Å²) in [7, 11) is 3.46. The Hall–Kier alpha value is -2.99. The second kappa shape index (κ2) is 9.47. The Kier molecular flexibility index (Phi) is 6.77. The van der Waals surface area contributed by atoms with Gasteiger partial charge in [0, 0.05) is 43.7 Å². The van der Waals surface area contributed by atoms with Crippen LogP contribution in [0.1, 0.15) is 28.5 Å². The van der Waals surface area contributed by atoms with Gasteiger partial charge in [0.1, 0.15) is 5.01 Å². The molecule has 0 aliphatic carbocycles. The standard InChI is InChI=1S/C23H25N3O2S/c1-4-26(15-17-10-12-19(13-11-17)23(28)25(2)3)21(27)14-20-16-29-22(24-20)18-8-6-5-7-9-18/h5-13,16H,4,14-15H2,1-3H3. The highest BCUT2D eigenvalue weighted by molar-refractivity contribution is 7.13. The highest BCUT2D eigenvalue weighted by Gasteiger charge is 2.16. The Balaban J connectivity index is 1.64. The van der Waals surface area contributed by atoms with Gasteiger partial charge in [-0.25, -0.2) is 4.98 Å². The lowest BCUT2D eigenvalue weighted by atomic mass is 10.1. The topological polar surface area (TPSA) is 53.5 Å². The fourth-order valence-corrected chi connectivity index (χ4v) is 3.80. The minimum atomic E-state index is -0.0299. The highest BCUT2D eigenvalue weighted by atomic mass is 32.1. The Morgan fingerprint density at radius 1 is 1.00 bits per heavy atom. The maximum absolute atomic E-state index is 12.8. The van der Waals surface area contributed by atoms with Crippen LogP contribution in [0.2, 0.25) is 0 Å². The van der Waals surface area contributed by atoms with Crippen molar-refractivity contribution in [1.29, 1.82) is 0 Å². The van der Waals surface area contributed by atoms with Crippen molar-refractivity contribution in [2.45, 2.75) is 19.9 Å². The third kappa shape index (κ3) is 5.29. The Bertz CT molecular complexity index is 965. The largest absolute Gasteiger partial charge is 0.345 e. The molecule has 2 amide bonds. The summed E-state index contributed by atoms with van der Waals surface area (Å²) in [6.45, 7) is 3.10. The number of amides is 2. The molecule has 3 aromatic rings. The van der Waals surface area contributed by atoms with E-state index in [2.05, 4.69) is 4.98 Å². The van der Waals surface area contributed by atoms with Crippen LogP contribution in [0.15, 0.2) is 60.0 Å². The molecule has 0 saturated carbocycles. The van der Waals surface area contributed by atoms with Gasteiger partial charge in [-0.15, -0.1) is 11.3 Å². The molecule has 0 aliphatic heterocycles. The summed E-state index contributed by atoms with van der Waals surface area (Å²) in [5.41, 5.74) is 3.50. The first-order chi connectivity index (χ1) is 14.0. The maximum Gasteiger partial charge on any atom is 0.253 e. The summed E-state index contributed by atoms with van der Waals surface area (Å²) in [4.78, 5) is 32.8. The Labute approximate surface area is 175 Å². The molecule has 5 nitrogen and oxygen atoms in total. The molecule has 1 aromatic heterocycles. The van der Waals surface area contributed by atoms with Crippen LogP contribution in [0.3, 0.4) is 0 Å². The van der Waals surface area contributed by atoms with E-state index in [1.807, 2.05) is 71.8 Å². The molecular weight excluding hydrogens is 382 g/mol. The van der Waals surface area contributed by atoms with Gasteiger partial charge >= 0.3 is 0 Å². The van der Waals surface area contributed by atoms with Crippen molar-refractivity contribution in [1.82, 2.24) is 14.8 Å². The second-order valence-electron chi connectivity index (χ2n) is 6.99. The van der Waals surface area contributed by atoms with Gasteiger partial charge in [0.15, 0.2) is 0 Å². The predicted octanol–water partition coefficient (Wildman–Crippen LogP) is 4.10. The molecule has 3 rings (SSSR count). The molecule has 0 bridgehead atoms. The number of hydrogen-bond acceptors (Lipinski definition) is 4. The zero-order valence-electron chi connectivity index (χ0n) is 17.0. The molecule has 0 radical (unpaired) electrons. The molecule has 150 valence electrons. The van der Waals surface area contributed by atoms with Gasteiger partial charge in [-0.05, 0) is 24.6 Å². The molecule has 0 fully saturated rings. The third-order valence-electron chi connectivity index (χ3n) is 4.62. The number of aromatic nitrogens is 1. The first-order valence-corrected chi connectivity index (χ1v) is 10.4. The molecule has 0 aliphatic rings. The fraction of sp³-hybridized carbons (Fsp3) is 0.261. The average Bonchev–Trinajstić information content (AvgIpc) is 3.21. The van der Waals surface area contributed by atoms with E-state index in [0.29, 0.717) is 18.7 Å². The highest BCUT2D eigenvalue weighted by Crippen LogP contribution is 2.23. The normalized spacial score (nSPS) is 10.6. The molecule has 0 N–H and O–H groups in total. The lowest BCUT2D eigenvalue weighted by Crippen LogP contribution is -2.31. The van der Waals surface area contributed by atoms with Gasteiger partial charge in [-0.1, -0.05) is 42.5 Å². The van der Waals surface area contributed by atoms with E-state index in [1.54, 1.807) is 30.3 Å². The van der Waals surface area contributed by atoms with Crippen LogP contribution < -0.4 is 0 Å². The Morgan fingerprint density at radius 3 is 2.31 bits per heavy atom. The number of thiazole rings is 1. The van der Waals surface area contributed by atoms with Gasteiger partial charge in [0.25, 0.3) is 5.91 Å². The van der Waals surface area contributed by atoms with Crippen molar-refractivity contribution in [3.63, 3.8) is 0 Å². The zero-order valence-corrected chi connectivity index (χ0v) is 17.8. The van der Waals surface area contributed by atoms with Crippen molar-refractivity contribution in [3.05, 3.63) is 76.8 Å². The van der Waals surface area contributed by atoms with Crippen molar-refractivity contribution >= 4 is 23.2 Å². The first-order valence-electron chi connectivity index (χ1n) is 9.56. The lowest BCUT2D eigenvalue weighted by Gasteiger charge is -2.21. The number of likely N-dealkylation sites (N-methyl/N-ethyl adjacent to an activating group) is 1. The molecule has 6 heteroatoms. The maximum atomic E-state index is 12.8. The summed E-state index contributed by atoms with van der Waals surface area (Å²) in [5.74, 6) is 0.0172. The van der Waals surface area contributed by atoms with Crippen molar-refractivity contribution < 1.29 is 9.59 Å². The summed E-state index contributed by atoms with van der Waals surface area (Å²) < 4.78 is 0. The number of rotatable bonds is 7. The number of benzene rings is 2. The van der Waals surface area contributed by atoms with Gasteiger partial charge in [-0.3, -0.25) is 9.59 Å². The van der Waals surface area contributed by atoms with Crippen molar-refractivity contribution in [3.8, 4) is 10.6 Å². The molecular formula is C23H25N3O2S. The summed E-state index contributed by atoms with van der Waals surface area (Å²) in [6.07, 6.45) is 0.286. The molecule has 0 atom stereocenters. The van der Waals surface area contributed by atoms with Crippen LogP contribution in [-0.4, -0.2) is 47.2 Å². The minimum absolute atomic E-state index is 0.0299. The molecule has 29 heavy (non-hydrogen) atoms. The SMILES string of the molecule is CCN(Cc1ccc(C(=O)N(C)C)cc1)C(=O)Cc1csc(-c2ccccc2)n1. The number of hydrogen-bond donors (Lipinski definition) is 0. The van der Waals surface area contributed by atoms with Gasteiger partial charge in [0.2, 0.25) is 5.91 Å². The zero-order chi connectivity index (χ0) is 20.8. The number of carbonyl (C=O) groups excluding carboxylic acids is 2. The average molecular weight is 408 g/mol. The van der Waals surface area contributed by atoms with Crippen LogP contribution in [0, 0.1) is 0 Å². The van der Waals surface area contributed by atoms with Crippen LogP contribution in [0.4, 0.5) is 0 Å². The van der Waals surface area contributed by atoms with Crippen molar-refractivity contribution in [2.75, 3.05) is 20.6 Å². The monoisotopic (exact) mass is 407 g/mol. The summed E-state index contributed by atoms with van der Waals surface area (Å²) in [5, 5.41) is 2.88. The van der Waals surface area contributed by atoms with Crippen LogP contribution in [0.25, 0.3) is 10.6 Å². The smallest absolute Gasteiger partial charge is 0.253 e. The fourth-order valence-electron chi connectivity index (χ4n) is 2.98. The van der Waals surface area contributed by atoms with E-state index < -0.39 is 0 Å². The molecule has 0 unspecified atom stereocenters. The number of carbonyl (C=O) groups is 2. The van der Waals surface area contributed by atoms with E-state index in [0.717, 1.165) is 21.8 Å². The Morgan fingerprint density at radius 2 is 1.69 bits per heavy atom. The van der Waals surface area contributed by atoms with E-state index in [4.69, 9.17) is 0 Å². The quantitative estimate of drug-likeness (QED) is 0.592. The predicted molar refractivity (Wildman–Crippen MR) is 117 cm³/mol. The van der Waals surface area contributed by atoms with Crippen LogP contribution in [-0.2, 0) is 17.8 Å². The van der Waals surface area contributed by atoms with Gasteiger partial charge in [0.05, 0.1) is 12.1 Å². The summed E-state index contributed by atoms with van der Waals surface area (Å²) >= 11 is 1.56. The van der Waals surface area contributed by atoms with E-state index in [9.17, 15) is 9.59 Å². The minimum Gasteiger partial charge on any atom is -0.345 e. The third-order valence-corrected chi connectivity index (χ3v) is 5.56. The van der Waals surface area contributed by atoms with Gasteiger partial charge < -0.3 is 9.80 Å². The van der Waals surface area contributed by atoms with E-state index in [-0.39, 0.29) is 18.2 Å². The summed E-state index contributed by atoms with van der Waals surface area (Å²) in [6, 6.07) is 17.4. The molecule has 0 spiro atoms. The molecule has 0 saturated heterocycles. The van der Waals surface area contributed by atoms with E-state index >= 15 is 0 Å². The lowest BCUT2D eigenvalue weighted by molar-refractivity contribution is -0.130. The first kappa shape index (κ1) is 20.7. The van der Waals surface area contributed by atoms with Gasteiger partial charge in [-0.2, -0.15) is 0 Å². The molecule has 1 heterocycles. The van der Waals surface area contributed by atoms with Crippen LogP contribution >= 0.6 is 11.3 Å².